The minimum atomic E-state index is 0.106. The topological polar surface area (TPSA) is 38.0 Å². The van der Waals surface area contributed by atoms with Crippen molar-refractivity contribution in [3.63, 3.8) is 0 Å². The predicted molar refractivity (Wildman–Crippen MR) is 60.9 cm³/mol. The van der Waals surface area contributed by atoms with Gasteiger partial charge in [-0.05, 0) is 19.1 Å². The quantitative estimate of drug-likeness (QED) is 0.859. The predicted octanol–water partition coefficient (Wildman–Crippen LogP) is 1.99. The standard InChI is InChI=1S/C11H14N2OS/c1-9-11(15-8-12-9)4-6-13-5-2-3-10(13)7-14/h2-3,5,8,14H,4,6-7H2,1H3. The van der Waals surface area contributed by atoms with Crippen molar-refractivity contribution >= 4 is 11.3 Å². The molecular formula is C11H14N2OS. The molecule has 1 N–H and O–H groups in total. The average Bonchev–Trinajstić information content (AvgIpc) is 2.83. The number of aliphatic hydroxyl groups excluding tert-OH is 1. The van der Waals surface area contributed by atoms with Crippen LogP contribution in [0.1, 0.15) is 16.3 Å². The Hall–Kier alpha value is -1.13. The van der Waals surface area contributed by atoms with E-state index in [1.807, 2.05) is 30.8 Å². The largest absolute Gasteiger partial charge is 0.390 e. The van der Waals surface area contributed by atoms with E-state index in [2.05, 4.69) is 9.55 Å². The van der Waals surface area contributed by atoms with Crippen LogP contribution in [0.4, 0.5) is 0 Å². The molecule has 2 heterocycles. The van der Waals surface area contributed by atoms with Crippen molar-refractivity contribution < 1.29 is 5.11 Å². The van der Waals surface area contributed by atoms with Gasteiger partial charge in [0.05, 0.1) is 17.8 Å². The molecule has 0 aromatic carbocycles. The molecule has 0 aliphatic heterocycles. The second kappa shape index (κ2) is 4.59. The Bertz CT molecular complexity index is 433. The smallest absolute Gasteiger partial charge is 0.0832 e. The van der Waals surface area contributed by atoms with Gasteiger partial charge in [-0.25, -0.2) is 4.98 Å². The summed E-state index contributed by atoms with van der Waals surface area (Å²) in [6.07, 6.45) is 2.99. The molecule has 0 radical (unpaired) electrons. The van der Waals surface area contributed by atoms with E-state index in [4.69, 9.17) is 5.11 Å². The molecule has 0 atom stereocenters. The summed E-state index contributed by atoms with van der Waals surface area (Å²) in [5, 5.41) is 9.09. The Morgan fingerprint density at radius 3 is 3.07 bits per heavy atom. The Kier molecular flexibility index (Phi) is 3.18. The number of aromatic nitrogens is 2. The molecular weight excluding hydrogens is 208 g/mol. The summed E-state index contributed by atoms with van der Waals surface area (Å²) in [5.74, 6) is 0. The van der Waals surface area contributed by atoms with Gasteiger partial charge in [-0.15, -0.1) is 11.3 Å². The second-order valence-electron chi connectivity index (χ2n) is 3.46. The lowest BCUT2D eigenvalue weighted by Gasteiger charge is -2.06. The van der Waals surface area contributed by atoms with Crippen LogP contribution in [-0.4, -0.2) is 14.7 Å². The highest BCUT2D eigenvalue weighted by atomic mass is 32.1. The van der Waals surface area contributed by atoms with E-state index in [0.29, 0.717) is 0 Å². The maximum Gasteiger partial charge on any atom is 0.0832 e. The summed E-state index contributed by atoms with van der Waals surface area (Å²) in [7, 11) is 0. The normalized spacial score (nSPS) is 10.8. The minimum Gasteiger partial charge on any atom is -0.390 e. The molecule has 0 aliphatic carbocycles. The third kappa shape index (κ3) is 2.27. The van der Waals surface area contributed by atoms with E-state index in [1.54, 1.807) is 11.3 Å². The van der Waals surface area contributed by atoms with Crippen LogP contribution in [0.3, 0.4) is 0 Å². The van der Waals surface area contributed by atoms with Crippen LogP contribution in [0.2, 0.25) is 0 Å². The fourth-order valence-corrected chi connectivity index (χ4v) is 2.37. The first-order valence-corrected chi connectivity index (χ1v) is 5.83. The summed E-state index contributed by atoms with van der Waals surface area (Å²) < 4.78 is 2.08. The van der Waals surface area contributed by atoms with E-state index in [1.165, 1.54) is 4.88 Å². The zero-order chi connectivity index (χ0) is 10.7. The number of hydrogen-bond donors (Lipinski definition) is 1. The molecule has 2 aromatic heterocycles. The van der Waals surface area contributed by atoms with Gasteiger partial charge in [0, 0.05) is 29.7 Å². The number of aryl methyl sites for hydroxylation is 3. The molecule has 0 saturated carbocycles. The van der Waals surface area contributed by atoms with Gasteiger partial charge < -0.3 is 9.67 Å². The van der Waals surface area contributed by atoms with Gasteiger partial charge in [-0.3, -0.25) is 0 Å². The molecule has 0 unspecified atom stereocenters. The van der Waals surface area contributed by atoms with Crippen LogP contribution in [-0.2, 0) is 19.6 Å². The SMILES string of the molecule is Cc1ncsc1CCn1cccc1CO. The Morgan fingerprint density at radius 1 is 1.53 bits per heavy atom. The average molecular weight is 222 g/mol. The van der Waals surface area contributed by atoms with Gasteiger partial charge in [-0.1, -0.05) is 0 Å². The maximum atomic E-state index is 9.09. The summed E-state index contributed by atoms with van der Waals surface area (Å²) >= 11 is 1.70. The third-order valence-electron chi connectivity index (χ3n) is 2.51. The lowest BCUT2D eigenvalue weighted by atomic mass is 10.3. The summed E-state index contributed by atoms with van der Waals surface area (Å²) in [6, 6.07) is 3.91. The van der Waals surface area contributed by atoms with E-state index >= 15 is 0 Å². The lowest BCUT2D eigenvalue weighted by molar-refractivity contribution is 0.270. The fraction of sp³-hybridized carbons (Fsp3) is 0.364. The molecule has 0 amide bonds. The van der Waals surface area contributed by atoms with Crippen molar-refractivity contribution in [1.29, 1.82) is 0 Å². The van der Waals surface area contributed by atoms with Gasteiger partial charge in [0.25, 0.3) is 0 Å². The molecule has 4 heteroatoms. The number of thiazole rings is 1. The van der Waals surface area contributed by atoms with Gasteiger partial charge >= 0.3 is 0 Å². The van der Waals surface area contributed by atoms with Gasteiger partial charge in [0.1, 0.15) is 0 Å². The molecule has 2 rings (SSSR count). The zero-order valence-electron chi connectivity index (χ0n) is 8.68. The Morgan fingerprint density at radius 2 is 2.40 bits per heavy atom. The van der Waals surface area contributed by atoms with Crippen molar-refractivity contribution in [2.75, 3.05) is 0 Å². The molecule has 2 aromatic rings. The lowest BCUT2D eigenvalue weighted by Crippen LogP contribution is -2.04. The van der Waals surface area contributed by atoms with Crippen LogP contribution in [0, 0.1) is 6.92 Å². The highest BCUT2D eigenvalue weighted by molar-refractivity contribution is 7.09. The summed E-state index contributed by atoms with van der Waals surface area (Å²) in [4.78, 5) is 5.55. The highest BCUT2D eigenvalue weighted by Crippen LogP contribution is 2.14. The van der Waals surface area contributed by atoms with Crippen LogP contribution in [0.15, 0.2) is 23.8 Å². The molecule has 0 bridgehead atoms. The Labute approximate surface area is 93.0 Å². The molecule has 0 fully saturated rings. The monoisotopic (exact) mass is 222 g/mol. The first-order chi connectivity index (χ1) is 7.31. The minimum absolute atomic E-state index is 0.106. The van der Waals surface area contributed by atoms with Gasteiger partial charge in [0.15, 0.2) is 0 Å². The Balaban J connectivity index is 2.02. The number of nitrogens with zero attached hydrogens (tertiary/aromatic N) is 2. The van der Waals surface area contributed by atoms with Gasteiger partial charge in [-0.2, -0.15) is 0 Å². The molecule has 0 saturated heterocycles. The summed E-state index contributed by atoms with van der Waals surface area (Å²) in [5.41, 5.74) is 3.97. The van der Waals surface area contributed by atoms with Crippen LogP contribution < -0.4 is 0 Å². The molecule has 15 heavy (non-hydrogen) atoms. The summed E-state index contributed by atoms with van der Waals surface area (Å²) in [6.45, 7) is 3.05. The number of rotatable bonds is 4. The first kappa shape index (κ1) is 10.4. The van der Waals surface area contributed by atoms with Crippen molar-refractivity contribution in [3.05, 3.63) is 40.1 Å². The van der Waals surface area contributed by atoms with Crippen LogP contribution in [0.25, 0.3) is 0 Å². The molecule has 0 spiro atoms. The molecule has 0 aliphatic rings. The number of aliphatic hydroxyl groups is 1. The van der Waals surface area contributed by atoms with E-state index in [-0.39, 0.29) is 6.61 Å². The van der Waals surface area contributed by atoms with Crippen molar-refractivity contribution in [2.24, 2.45) is 0 Å². The third-order valence-corrected chi connectivity index (χ3v) is 3.51. The van der Waals surface area contributed by atoms with Gasteiger partial charge in [0.2, 0.25) is 0 Å². The number of hydrogen-bond acceptors (Lipinski definition) is 3. The highest BCUT2D eigenvalue weighted by Gasteiger charge is 2.03. The van der Waals surface area contributed by atoms with Crippen molar-refractivity contribution in [1.82, 2.24) is 9.55 Å². The van der Waals surface area contributed by atoms with Crippen molar-refractivity contribution in [3.8, 4) is 0 Å². The maximum absolute atomic E-state index is 9.09. The second-order valence-corrected chi connectivity index (χ2v) is 4.40. The fourth-order valence-electron chi connectivity index (χ4n) is 1.60. The van der Waals surface area contributed by atoms with Crippen LogP contribution >= 0.6 is 11.3 Å². The zero-order valence-corrected chi connectivity index (χ0v) is 9.50. The first-order valence-electron chi connectivity index (χ1n) is 4.95. The van der Waals surface area contributed by atoms with E-state index in [0.717, 1.165) is 24.4 Å². The van der Waals surface area contributed by atoms with Crippen molar-refractivity contribution in [2.45, 2.75) is 26.5 Å². The molecule has 80 valence electrons. The van der Waals surface area contributed by atoms with E-state index in [9.17, 15) is 0 Å². The van der Waals surface area contributed by atoms with Crippen LogP contribution in [0.5, 0.6) is 0 Å². The molecule has 3 nitrogen and oxygen atoms in total. The van der Waals surface area contributed by atoms with E-state index < -0.39 is 0 Å².